The summed E-state index contributed by atoms with van der Waals surface area (Å²) in [4.78, 5) is 18.2. The van der Waals surface area contributed by atoms with Crippen LogP contribution >= 0.6 is 0 Å². The standard InChI is InChI=1S/C25H25N5O3S/c1-15-4-12-20(13-5-15)34(32,33)29-19-10-8-18(9-11-19)26-25(31)21-14-22(17-6-7-17)27-24-23(21)16(2)28-30(24)3/h4-5,8-14,17,29H,6-7H2,1-3H3,(H,26,31). The Morgan fingerprint density at radius 2 is 1.65 bits per heavy atom. The summed E-state index contributed by atoms with van der Waals surface area (Å²) in [7, 11) is -1.87. The molecule has 34 heavy (non-hydrogen) atoms. The molecule has 0 saturated heterocycles. The first-order valence-corrected chi connectivity index (χ1v) is 12.5. The predicted octanol–water partition coefficient (Wildman–Crippen LogP) is 4.52. The summed E-state index contributed by atoms with van der Waals surface area (Å²) in [5.41, 5.74) is 4.86. The second-order valence-corrected chi connectivity index (χ2v) is 10.4. The van der Waals surface area contributed by atoms with Crippen LogP contribution in [-0.2, 0) is 17.1 Å². The molecule has 2 aromatic carbocycles. The number of anilines is 2. The quantitative estimate of drug-likeness (QED) is 0.427. The molecule has 2 aromatic heterocycles. The van der Waals surface area contributed by atoms with Crippen molar-refractivity contribution in [2.75, 3.05) is 10.0 Å². The number of hydrogen-bond acceptors (Lipinski definition) is 5. The van der Waals surface area contributed by atoms with Gasteiger partial charge in [-0.15, -0.1) is 0 Å². The Balaban J connectivity index is 1.37. The van der Waals surface area contributed by atoms with Crippen molar-refractivity contribution in [3.8, 4) is 0 Å². The fraction of sp³-hybridized carbons (Fsp3) is 0.240. The third-order valence-electron chi connectivity index (χ3n) is 5.96. The number of nitrogens with zero attached hydrogens (tertiary/aromatic N) is 3. The van der Waals surface area contributed by atoms with Gasteiger partial charge in [0.1, 0.15) is 0 Å². The highest BCUT2D eigenvalue weighted by molar-refractivity contribution is 7.92. The zero-order valence-electron chi connectivity index (χ0n) is 19.2. The molecule has 2 N–H and O–H groups in total. The van der Waals surface area contributed by atoms with E-state index >= 15 is 0 Å². The van der Waals surface area contributed by atoms with Gasteiger partial charge in [0.05, 0.1) is 21.5 Å². The maximum Gasteiger partial charge on any atom is 0.261 e. The molecule has 8 nitrogen and oxygen atoms in total. The van der Waals surface area contributed by atoms with Crippen molar-refractivity contribution in [2.24, 2.45) is 7.05 Å². The second-order valence-electron chi connectivity index (χ2n) is 8.73. The molecule has 1 aliphatic rings. The van der Waals surface area contributed by atoms with Crippen LogP contribution in [0.5, 0.6) is 0 Å². The minimum atomic E-state index is -3.70. The molecule has 0 radical (unpaired) electrons. The minimum absolute atomic E-state index is 0.190. The van der Waals surface area contributed by atoms with Crippen LogP contribution < -0.4 is 10.0 Å². The van der Waals surface area contributed by atoms with Crippen molar-refractivity contribution in [2.45, 2.75) is 37.5 Å². The fourth-order valence-corrected chi connectivity index (χ4v) is 5.04. The Kier molecular flexibility index (Phi) is 5.36. The molecule has 1 saturated carbocycles. The van der Waals surface area contributed by atoms with Gasteiger partial charge in [0, 0.05) is 30.0 Å². The number of benzene rings is 2. The topological polar surface area (TPSA) is 106 Å². The number of aromatic nitrogens is 3. The number of pyridine rings is 1. The summed E-state index contributed by atoms with van der Waals surface area (Å²) < 4.78 is 29.5. The molecule has 0 spiro atoms. The average molecular weight is 476 g/mol. The minimum Gasteiger partial charge on any atom is -0.322 e. The van der Waals surface area contributed by atoms with Crippen LogP contribution in [0, 0.1) is 13.8 Å². The summed E-state index contributed by atoms with van der Waals surface area (Å²) in [6.07, 6.45) is 2.16. The Labute approximate surface area is 198 Å². The van der Waals surface area contributed by atoms with E-state index in [1.54, 1.807) is 53.2 Å². The molecule has 0 unspecified atom stereocenters. The fourth-order valence-electron chi connectivity index (χ4n) is 3.98. The molecule has 0 atom stereocenters. The molecular weight excluding hydrogens is 450 g/mol. The summed E-state index contributed by atoms with van der Waals surface area (Å²) >= 11 is 0. The third kappa shape index (κ3) is 4.26. The van der Waals surface area contributed by atoms with Gasteiger partial charge in [-0.25, -0.2) is 13.4 Å². The molecular formula is C25H25N5O3S. The maximum atomic E-state index is 13.2. The second kappa shape index (κ2) is 8.25. The highest BCUT2D eigenvalue weighted by Crippen LogP contribution is 2.40. The zero-order valence-corrected chi connectivity index (χ0v) is 20.0. The number of carbonyl (C=O) groups is 1. The van der Waals surface area contributed by atoms with Gasteiger partial charge in [-0.1, -0.05) is 17.7 Å². The summed E-state index contributed by atoms with van der Waals surface area (Å²) in [5, 5.41) is 8.11. The van der Waals surface area contributed by atoms with Crippen molar-refractivity contribution < 1.29 is 13.2 Å². The van der Waals surface area contributed by atoms with Gasteiger partial charge in [0.2, 0.25) is 0 Å². The first kappa shape index (κ1) is 22.1. The number of amides is 1. The number of hydrogen-bond donors (Lipinski definition) is 2. The van der Waals surface area contributed by atoms with E-state index in [-0.39, 0.29) is 10.8 Å². The average Bonchev–Trinajstić information content (AvgIpc) is 3.61. The van der Waals surface area contributed by atoms with Crippen LogP contribution in [0.15, 0.2) is 59.5 Å². The van der Waals surface area contributed by atoms with E-state index in [1.165, 1.54) is 0 Å². The number of fused-ring (bicyclic) bond motifs is 1. The van der Waals surface area contributed by atoms with Gasteiger partial charge in [-0.05, 0) is 69.2 Å². The van der Waals surface area contributed by atoms with E-state index < -0.39 is 10.0 Å². The monoisotopic (exact) mass is 475 g/mol. The van der Waals surface area contributed by atoms with E-state index in [0.717, 1.165) is 35.2 Å². The molecule has 1 amide bonds. The first-order valence-electron chi connectivity index (χ1n) is 11.1. The molecule has 0 aliphatic heterocycles. The highest BCUT2D eigenvalue weighted by Gasteiger charge is 2.28. The lowest BCUT2D eigenvalue weighted by Crippen LogP contribution is -2.14. The first-order chi connectivity index (χ1) is 16.2. The molecule has 1 fully saturated rings. The number of carbonyl (C=O) groups excluding carboxylic acids is 1. The van der Waals surface area contributed by atoms with Crippen molar-refractivity contribution in [1.82, 2.24) is 14.8 Å². The number of nitrogens with one attached hydrogen (secondary N) is 2. The Hall–Kier alpha value is -3.72. The number of sulfonamides is 1. The molecule has 0 bridgehead atoms. The van der Waals surface area contributed by atoms with Crippen LogP contribution in [0.4, 0.5) is 11.4 Å². The smallest absolute Gasteiger partial charge is 0.261 e. The lowest BCUT2D eigenvalue weighted by Gasteiger charge is -2.11. The molecule has 9 heteroatoms. The summed E-state index contributed by atoms with van der Waals surface area (Å²) in [6.45, 7) is 3.77. The van der Waals surface area contributed by atoms with Crippen molar-refractivity contribution >= 4 is 38.3 Å². The van der Waals surface area contributed by atoms with Crippen LogP contribution in [0.25, 0.3) is 11.0 Å². The van der Waals surface area contributed by atoms with Crippen LogP contribution in [-0.4, -0.2) is 29.1 Å². The number of rotatable bonds is 6. The van der Waals surface area contributed by atoms with E-state index in [4.69, 9.17) is 4.98 Å². The van der Waals surface area contributed by atoms with Gasteiger partial charge >= 0.3 is 0 Å². The predicted molar refractivity (Wildman–Crippen MR) is 132 cm³/mol. The Bertz CT molecular complexity index is 1500. The van der Waals surface area contributed by atoms with Crippen molar-refractivity contribution in [3.63, 3.8) is 0 Å². The molecule has 4 aromatic rings. The van der Waals surface area contributed by atoms with Crippen LogP contribution in [0.2, 0.25) is 0 Å². The van der Waals surface area contributed by atoms with Gasteiger partial charge < -0.3 is 5.32 Å². The SMILES string of the molecule is Cc1ccc(S(=O)(=O)Nc2ccc(NC(=O)c3cc(C4CC4)nc4c3c(C)nn4C)cc2)cc1. The van der Waals surface area contributed by atoms with E-state index in [0.29, 0.717) is 28.5 Å². The lowest BCUT2D eigenvalue weighted by atomic mass is 10.1. The van der Waals surface area contributed by atoms with Gasteiger partial charge in [-0.2, -0.15) is 5.10 Å². The van der Waals surface area contributed by atoms with E-state index in [2.05, 4.69) is 15.1 Å². The van der Waals surface area contributed by atoms with Gasteiger partial charge in [0.15, 0.2) is 5.65 Å². The van der Waals surface area contributed by atoms with Crippen LogP contribution in [0.3, 0.4) is 0 Å². The van der Waals surface area contributed by atoms with Crippen molar-refractivity contribution in [1.29, 1.82) is 0 Å². The molecule has 2 heterocycles. The lowest BCUT2D eigenvalue weighted by molar-refractivity contribution is 0.102. The Morgan fingerprint density at radius 3 is 2.29 bits per heavy atom. The summed E-state index contributed by atoms with van der Waals surface area (Å²) in [6, 6.07) is 15.1. The van der Waals surface area contributed by atoms with Gasteiger partial charge in [0.25, 0.3) is 15.9 Å². The highest BCUT2D eigenvalue weighted by atomic mass is 32.2. The van der Waals surface area contributed by atoms with E-state index in [1.807, 2.05) is 27.0 Å². The number of aryl methyl sites for hydroxylation is 3. The van der Waals surface area contributed by atoms with Crippen LogP contribution in [0.1, 0.15) is 46.1 Å². The zero-order chi connectivity index (χ0) is 24.0. The molecule has 1 aliphatic carbocycles. The summed E-state index contributed by atoms with van der Waals surface area (Å²) in [5.74, 6) is 0.144. The molecule has 5 rings (SSSR count). The van der Waals surface area contributed by atoms with Crippen molar-refractivity contribution in [3.05, 3.63) is 77.1 Å². The largest absolute Gasteiger partial charge is 0.322 e. The molecule has 174 valence electrons. The normalized spacial score (nSPS) is 13.7. The van der Waals surface area contributed by atoms with E-state index in [9.17, 15) is 13.2 Å². The van der Waals surface area contributed by atoms with Gasteiger partial charge in [-0.3, -0.25) is 14.2 Å². The third-order valence-corrected chi connectivity index (χ3v) is 7.35. The Morgan fingerprint density at radius 1 is 1.00 bits per heavy atom. The maximum absolute atomic E-state index is 13.2.